The van der Waals surface area contributed by atoms with Gasteiger partial charge in [0.05, 0.1) is 6.61 Å². The maximum absolute atomic E-state index is 12.0. The van der Waals surface area contributed by atoms with E-state index >= 15 is 0 Å². The number of likely N-dealkylation sites (tertiary alicyclic amines) is 1. The van der Waals surface area contributed by atoms with Crippen LogP contribution in [0.4, 0.5) is 4.79 Å². The summed E-state index contributed by atoms with van der Waals surface area (Å²) in [5.41, 5.74) is 5.16. The Morgan fingerprint density at radius 3 is 2.67 bits per heavy atom. The topological polar surface area (TPSA) is 72.6 Å². The first kappa shape index (κ1) is 12.6. The van der Waals surface area contributed by atoms with Crippen molar-refractivity contribution in [1.29, 1.82) is 0 Å². The minimum atomic E-state index is -0.954. The molecule has 2 N–H and O–H groups in total. The summed E-state index contributed by atoms with van der Waals surface area (Å²) in [6.45, 7) is 2.36. The molecule has 2 rings (SSSR count). The van der Waals surface area contributed by atoms with Crippen molar-refractivity contribution in [3.63, 3.8) is 0 Å². The third-order valence-corrected chi connectivity index (χ3v) is 3.18. The molecule has 1 saturated heterocycles. The van der Waals surface area contributed by atoms with Crippen molar-refractivity contribution in [2.24, 2.45) is 5.73 Å². The summed E-state index contributed by atoms with van der Waals surface area (Å²) in [6, 6.07) is 8.87. The number of amides is 3. The number of hydrogen-bond acceptors (Lipinski definition) is 3. The maximum atomic E-state index is 12.0. The summed E-state index contributed by atoms with van der Waals surface area (Å²) in [4.78, 5) is 24.1. The van der Waals surface area contributed by atoms with Gasteiger partial charge in [0, 0.05) is 13.0 Å². The van der Waals surface area contributed by atoms with Crippen LogP contribution in [0.15, 0.2) is 30.3 Å². The van der Waals surface area contributed by atoms with Crippen LogP contribution in [0.25, 0.3) is 0 Å². The Morgan fingerprint density at radius 2 is 2.11 bits per heavy atom. The molecule has 3 amide bonds. The first-order valence-corrected chi connectivity index (χ1v) is 5.82. The molecule has 0 bridgehead atoms. The van der Waals surface area contributed by atoms with Crippen molar-refractivity contribution < 1.29 is 14.3 Å². The Hall–Kier alpha value is -1.88. The second kappa shape index (κ2) is 4.78. The summed E-state index contributed by atoms with van der Waals surface area (Å²) in [6.07, 6.45) is 0.474. The zero-order valence-electron chi connectivity index (χ0n) is 10.3. The Balaban J connectivity index is 2.01. The summed E-state index contributed by atoms with van der Waals surface area (Å²) in [5.74, 6) is -0.356. The Labute approximate surface area is 106 Å². The van der Waals surface area contributed by atoms with E-state index in [9.17, 15) is 9.59 Å². The van der Waals surface area contributed by atoms with Gasteiger partial charge in [-0.05, 0) is 12.5 Å². The molecule has 1 heterocycles. The monoisotopic (exact) mass is 248 g/mol. The van der Waals surface area contributed by atoms with Gasteiger partial charge in [-0.1, -0.05) is 30.3 Å². The SMILES string of the molecule is CC1(OCc2ccccc2)CCN(C(N)=O)C1=O. The minimum Gasteiger partial charge on any atom is -0.361 e. The van der Waals surface area contributed by atoms with Crippen LogP contribution in [0.3, 0.4) is 0 Å². The molecular weight excluding hydrogens is 232 g/mol. The van der Waals surface area contributed by atoms with Crippen LogP contribution in [-0.4, -0.2) is 29.0 Å². The molecule has 1 aliphatic heterocycles. The Bertz CT molecular complexity index is 461. The number of hydrogen-bond donors (Lipinski definition) is 1. The number of ether oxygens (including phenoxy) is 1. The minimum absolute atomic E-state index is 0.319. The molecule has 18 heavy (non-hydrogen) atoms. The van der Waals surface area contributed by atoms with Gasteiger partial charge < -0.3 is 10.5 Å². The number of nitrogens with two attached hydrogens (primary N) is 1. The lowest BCUT2D eigenvalue weighted by Gasteiger charge is -2.22. The van der Waals surface area contributed by atoms with E-state index in [4.69, 9.17) is 10.5 Å². The fourth-order valence-corrected chi connectivity index (χ4v) is 1.98. The molecule has 0 saturated carbocycles. The van der Waals surface area contributed by atoms with Crippen molar-refractivity contribution in [2.75, 3.05) is 6.54 Å². The predicted molar refractivity (Wildman–Crippen MR) is 65.5 cm³/mol. The Morgan fingerprint density at radius 1 is 1.44 bits per heavy atom. The van der Waals surface area contributed by atoms with Crippen molar-refractivity contribution in [1.82, 2.24) is 4.90 Å². The van der Waals surface area contributed by atoms with E-state index in [2.05, 4.69) is 0 Å². The molecule has 0 spiro atoms. The average molecular weight is 248 g/mol. The van der Waals surface area contributed by atoms with Crippen LogP contribution in [0.2, 0.25) is 0 Å². The lowest BCUT2D eigenvalue weighted by atomic mass is 10.1. The maximum Gasteiger partial charge on any atom is 0.321 e. The molecule has 1 aromatic rings. The normalized spacial score (nSPS) is 23.4. The van der Waals surface area contributed by atoms with Gasteiger partial charge in [-0.2, -0.15) is 0 Å². The zero-order chi connectivity index (χ0) is 13.2. The quantitative estimate of drug-likeness (QED) is 0.875. The van der Waals surface area contributed by atoms with E-state index < -0.39 is 11.6 Å². The number of nitrogens with zero attached hydrogens (tertiary/aromatic N) is 1. The van der Waals surface area contributed by atoms with Crippen molar-refractivity contribution in [2.45, 2.75) is 25.6 Å². The highest BCUT2D eigenvalue weighted by Gasteiger charge is 2.45. The molecule has 5 nitrogen and oxygen atoms in total. The van der Waals surface area contributed by atoms with Crippen LogP contribution in [0, 0.1) is 0 Å². The molecule has 1 aliphatic rings. The summed E-state index contributed by atoms with van der Waals surface area (Å²) >= 11 is 0. The summed E-state index contributed by atoms with van der Waals surface area (Å²) in [7, 11) is 0. The smallest absolute Gasteiger partial charge is 0.321 e. The molecule has 0 aliphatic carbocycles. The molecule has 0 radical (unpaired) electrons. The zero-order valence-corrected chi connectivity index (χ0v) is 10.3. The molecule has 96 valence electrons. The number of rotatable bonds is 3. The highest BCUT2D eigenvalue weighted by atomic mass is 16.5. The number of primary amides is 1. The fourth-order valence-electron chi connectivity index (χ4n) is 1.98. The summed E-state index contributed by atoms with van der Waals surface area (Å²) in [5, 5.41) is 0. The van der Waals surface area contributed by atoms with E-state index in [0.717, 1.165) is 10.5 Å². The number of imide groups is 1. The van der Waals surface area contributed by atoms with Crippen LogP contribution in [0.5, 0.6) is 0 Å². The van der Waals surface area contributed by atoms with Crippen molar-refractivity contribution in [3.8, 4) is 0 Å². The molecular formula is C13H16N2O3. The Kier molecular flexibility index (Phi) is 3.34. The number of carbonyl (C=O) groups is 2. The summed E-state index contributed by atoms with van der Waals surface area (Å²) < 4.78 is 5.67. The van der Waals surface area contributed by atoms with E-state index in [-0.39, 0.29) is 5.91 Å². The first-order valence-electron chi connectivity index (χ1n) is 5.82. The van der Waals surface area contributed by atoms with Crippen LogP contribution in [-0.2, 0) is 16.1 Å². The van der Waals surface area contributed by atoms with Gasteiger partial charge in [-0.3, -0.25) is 9.69 Å². The van der Waals surface area contributed by atoms with Crippen LogP contribution < -0.4 is 5.73 Å². The van der Waals surface area contributed by atoms with Gasteiger partial charge in [0.25, 0.3) is 5.91 Å². The molecule has 1 unspecified atom stereocenters. The third kappa shape index (κ3) is 2.36. The molecule has 0 aromatic heterocycles. The predicted octanol–water partition coefficient (Wildman–Crippen LogP) is 1.27. The van der Waals surface area contributed by atoms with E-state index in [0.29, 0.717) is 19.6 Å². The first-order chi connectivity index (χ1) is 8.53. The second-order valence-electron chi connectivity index (χ2n) is 4.55. The number of benzene rings is 1. The van der Waals surface area contributed by atoms with Gasteiger partial charge in [-0.25, -0.2) is 4.79 Å². The lowest BCUT2D eigenvalue weighted by molar-refractivity contribution is -0.146. The largest absolute Gasteiger partial charge is 0.361 e. The van der Waals surface area contributed by atoms with Crippen molar-refractivity contribution >= 4 is 11.9 Å². The van der Waals surface area contributed by atoms with E-state index in [1.807, 2.05) is 30.3 Å². The highest BCUT2D eigenvalue weighted by molar-refractivity contribution is 5.99. The average Bonchev–Trinajstić information content (AvgIpc) is 2.66. The lowest BCUT2D eigenvalue weighted by Crippen LogP contribution is -2.44. The number of urea groups is 1. The molecule has 1 atom stereocenters. The molecule has 1 fully saturated rings. The fraction of sp³-hybridized carbons (Fsp3) is 0.385. The van der Waals surface area contributed by atoms with Gasteiger partial charge >= 0.3 is 6.03 Å². The number of carbonyl (C=O) groups excluding carboxylic acids is 2. The molecule has 5 heteroatoms. The van der Waals surface area contributed by atoms with Crippen LogP contribution >= 0.6 is 0 Å². The second-order valence-corrected chi connectivity index (χ2v) is 4.55. The van der Waals surface area contributed by atoms with E-state index in [1.165, 1.54) is 0 Å². The van der Waals surface area contributed by atoms with Gasteiger partial charge in [-0.15, -0.1) is 0 Å². The van der Waals surface area contributed by atoms with E-state index in [1.54, 1.807) is 6.92 Å². The highest BCUT2D eigenvalue weighted by Crippen LogP contribution is 2.27. The van der Waals surface area contributed by atoms with Crippen LogP contribution in [0.1, 0.15) is 18.9 Å². The standard InChI is InChI=1S/C13H16N2O3/c1-13(7-8-15(11(13)16)12(14)17)18-9-10-5-3-2-4-6-10/h2-6H,7-9H2,1H3,(H2,14,17). The van der Waals surface area contributed by atoms with Crippen molar-refractivity contribution in [3.05, 3.63) is 35.9 Å². The van der Waals surface area contributed by atoms with Gasteiger partial charge in [0.1, 0.15) is 5.60 Å². The molecule has 1 aromatic carbocycles. The van der Waals surface area contributed by atoms with Gasteiger partial charge in [0.15, 0.2) is 0 Å². The third-order valence-electron chi connectivity index (χ3n) is 3.18. The van der Waals surface area contributed by atoms with Gasteiger partial charge in [0.2, 0.25) is 0 Å².